The van der Waals surface area contributed by atoms with E-state index in [1.165, 1.54) is 11.6 Å². The molecule has 0 radical (unpaired) electrons. The first-order valence-corrected chi connectivity index (χ1v) is 17.7. The highest BCUT2D eigenvalue weighted by molar-refractivity contribution is 5.92. The Morgan fingerprint density at radius 2 is 1.78 bits per heavy atom. The highest BCUT2D eigenvalue weighted by Gasteiger charge is 2.26. The molecule has 0 bridgehead atoms. The Hall–Kier alpha value is -4.97. The van der Waals surface area contributed by atoms with Gasteiger partial charge in [-0.3, -0.25) is 9.59 Å². The minimum absolute atomic E-state index is 0.00631. The number of nitrogens with zero attached hydrogens (tertiary/aromatic N) is 5. The Labute approximate surface area is 297 Å². The number of rotatable bonds is 15. The predicted octanol–water partition coefficient (Wildman–Crippen LogP) is 7.61. The number of hydrogen-bond acceptors (Lipinski definition) is 10. The van der Waals surface area contributed by atoms with Gasteiger partial charge >= 0.3 is 0 Å². The van der Waals surface area contributed by atoms with E-state index in [0.29, 0.717) is 72.2 Å². The van der Waals surface area contributed by atoms with Crippen molar-refractivity contribution in [2.45, 2.75) is 64.3 Å². The first-order valence-electron chi connectivity index (χ1n) is 17.7. The summed E-state index contributed by atoms with van der Waals surface area (Å²) in [7, 11) is 0. The number of nitrogens with one attached hydrogen (secondary N) is 1. The van der Waals surface area contributed by atoms with Gasteiger partial charge in [0.2, 0.25) is 5.95 Å². The second-order valence-corrected chi connectivity index (χ2v) is 13.3. The van der Waals surface area contributed by atoms with Crippen LogP contribution in [0.5, 0.6) is 11.5 Å². The molecule has 4 heterocycles. The molecule has 0 atom stereocenters. The van der Waals surface area contributed by atoms with Crippen molar-refractivity contribution in [2.75, 3.05) is 49.6 Å². The van der Waals surface area contributed by atoms with E-state index in [2.05, 4.69) is 31.2 Å². The number of carbonyl (C=O) groups is 2. The normalized spacial score (nSPS) is 15.0. The average Bonchev–Trinajstić information content (AvgIpc) is 3.15. The molecule has 0 unspecified atom stereocenters. The van der Waals surface area contributed by atoms with Gasteiger partial charge in [-0.1, -0.05) is 31.0 Å². The van der Waals surface area contributed by atoms with Gasteiger partial charge < -0.3 is 24.6 Å². The Balaban J connectivity index is 0.952. The lowest BCUT2D eigenvalue weighted by molar-refractivity contribution is 0.109. The molecule has 0 saturated carbocycles. The molecule has 0 aliphatic carbocycles. The van der Waals surface area contributed by atoms with Crippen molar-refractivity contribution < 1.29 is 27.8 Å². The van der Waals surface area contributed by atoms with E-state index in [0.717, 1.165) is 64.4 Å². The maximum absolute atomic E-state index is 15.1. The monoisotopic (exact) mass is 698 g/mol. The summed E-state index contributed by atoms with van der Waals surface area (Å²) in [5.74, 6) is 0.556. The van der Waals surface area contributed by atoms with Gasteiger partial charge in [0.1, 0.15) is 23.9 Å². The molecule has 6 rings (SSSR count). The predicted molar refractivity (Wildman–Crippen MR) is 192 cm³/mol. The summed E-state index contributed by atoms with van der Waals surface area (Å²) in [4.78, 5) is 40.1. The minimum Gasteiger partial charge on any atom is -0.493 e. The summed E-state index contributed by atoms with van der Waals surface area (Å²) in [5, 5.41) is 3.07. The summed E-state index contributed by atoms with van der Waals surface area (Å²) < 4.78 is 41.4. The van der Waals surface area contributed by atoms with Crippen molar-refractivity contribution >= 4 is 30.0 Å². The summed E-state index contributed by atoms with van der Waals surface area (Å²) >= 11 is 0. The van der Waals surface area contributed by atoms with E-state index in [1.54, 1.807) is 24.3 Å². The van der Waals surface area contributed by atoms with Crippen LogP contribution in [-0.2, 0) is 0 Å². The minimum atomic E-state index is -0.651. The second kappa shape index (κ2) is 16.8. The lowest BCUT2D eigenvalue weighted by Gasteiger charge is -2.34. The molecule has 2 aliphatic rings. The van der Waals surface area contributed by atoms with Crippen LogP contribution in [0.25, 0.3) is 11.3 Å². The molecule has 10 nitrogen and oxygen atoms in total. The topological polar surface area (TPSA) is 110 Å². The van der Waals surface area contributed by atoms with Gasteiger partial charge in [0.05, 0.1) is 30.6 Å². The molecule has 51 heavy (non-hydrogen) atoms. The summed E-state index contributed by atoms with van der Waals surface area (Å²) in [6.45, 7) is 8.68. The van der Waals surface area contributed by atoms with Gasteiger partial charge in [-0.2, -0.15) is 0 Å². The van der Waals surface area contributed by atoms with Gasteiger partial charge in [0, 0.05) is 23.4 Å². The van der Waals surface area contributed by atoms with Gasteiger partial charge in [0.25, 0.3) is 0 Å². The fraction of sp³-hybridized carbons (Fsp3) is 0.410. The van der Waals surface area contributed by atoms with Crippen LogP contribution in [0.4, 0.5) is 26.2 Å². The van der Waals surface area contributed by atoms with Crippen LogP contribution in [0.3, 0.4) is 0 Å². The number of hydrogen-bond donors (Lipinski definition) is 1. The Morgan fingerprint density at radius 1 is 0.961 bits per heavy atom. The van der Waals surface area contributed by atoms with E-state index in [4.69, 9.17) is 9.47 Å². The van der Waals surface area contributed by atoms with Crippen molar-refractivity contribution in [3.05, 3.63) is 83.2 Å². The van der Waals surface area contributed by atoms with Crippen LogP contribution in [0.1, 0.15) is 84.6 Å². The maximum Gasteiger partial charge on any atom is 0.229 e. The third kappa shape index (κ3) is 8.68. The number of pyridine rings is 1. The molecular formula is C39H44F2N6O4. The van der Waals surface area contributed by atoms with Gasteiger partial charge in [0.15, 0.2) is 30.0 Å². The van der Waals surface area contributed by atoms with Crippen molar-refractivity contribution in [2.24, 2.45) is 0 Å². The molecular weight excluding hydrogens is 654 g/mol. The summed E-state index contributed by atoms with van der Waals surface area (Å²) in [6.07, 6.45) is 10.6. The number of likely N-dealkylation sites (tertiary alicyclic amines) is 1. The maximum atomic E-state index is 15.1. The van der Waals surface area contributed by atoms with E-state index < -0.39 is 11.6 Å². The van der Waals surface area contributed by atoms with Crippen molar-refractivity contribution in [1.82, 2.24) is 19.9 Å². The van der Waals surface area contributed by atoms with Gasteiger partial charge in [-0.05, 0) is 94.9 Å². The number of piperidine rings is 1. The molecule has 2 aromatic heterocycles. The highest BCUT2D eigenvalue weighted by Crippen LogP contribution is 2.39. The molecule has 4 aromatic rings. The van der Waals surface area contributed by atoms with E-state index in [1.807, 2.05) is 31.0 Å². The lowest BCUT2D eigenvalue weighted by atomic mass is 9.90. The lowest BCUT2D eigenvalue weighted by Crippen LogP contribution is -2.38. The van der Waals surface area contributed by atoms with Gasteiger partial charge in [-0.15, -0.1) is 0 Å². The zero-order chi connectivity index (χ0) is 35.7. The van der Waals surface area contributed by atoms with Gasteiger partial charge in [-0.25, -0.2) is 23.7 Å². The van der Waals surface area contributed by atoms with Crippen LogP contribution in [-0.4, -0.2) is 77.9 Å². The Kier molecular flexibility index (Phi) is 11.8. The quantitative estimate of drug-likeness (QED) is 0.0984. The Bertz CT molecular complexity index is 1810. The van der Waals surface area contributed by atoms with E-state index in [-0.39, 0.29) is 23.4 Å². The zero-order valence-corrected chi connectivity index (χ0v) is 29.1. The van der Waals surface area contributed by atoms with E-state index >= 15 is 4.39 Å². The molecule has 1 fully saturated rings. The molecule has 0 amide bonds. The SMILES string of the molecule is CC(C)N1CCOc2c(F)cc(-c3nc(Nc4ccc(C5CCN(CCCCCCOc6cccc(C=O)c6C=O)CC5)cn4)ncc3F)cc21. The fourth-order valence-electron chi connectivity index (χ4n) is 6.82. The van der Waals surface area contributed by atoms with Crippen molar-refractivity contribution in [1.29, 1.82) is 0 Å². The smallest absolute Gasteiger partial charge is 0.229 e. The number of benzene rings is 2. The second-order valence-electron chi connectivity index (χ2n) is 13.3. The average molecular weight is 699 g/mol. The van der Waals surface area contributed by atoms with Crippen LogP contribution in [0.15, 0.2) is 54.9 Å². The standard InChI is InChI=1S/C39H44F2N6O4/c1-26(2)47-17-19-51-38-32(40)20-30(21-34(38)47)37-33(41)23-43-39(45-37)44-36-11-10-28(22-42-36)27-12-15-46(16-13-27)14-5-3-4-6-18-50-35-9-7-8-29(24-48)31(35)25-49/h7-11,20-27H,3-6,12-19H2,1-2H3,(H,42,43,44,45). The largest absolute Gasteiger partial charge is 0.493 e. The number of unbranched alkanes of at least 4 members (excludes halogenated alkanes) is 3. The number of ether oxygens (including phenoxy) is 2. The summed E-state index contributed by atoms with van der Waals surface area (Å²) in [5.41, 5.74) is 2.71. The van der Waals surface area contributed by atoms with E-state index in [9.17, 15) is 14.0 Å². The number of halogens is 2. The first kappa shape index (κ1) is 35.8. The molecule has 1 N–H and O–H groups in total. The number of fused-ring (bicyclic) bond motifs is 1. The third-order valence-corrected chi connectivity index (χ3v) is 9.61. The molecule has 12 heteroatoms. The van der Waals surface area contributed by atoms with Crippen LogP contribution in [0, 0.1) is 11.6 Å². The molecule has 2 aliphatic heterocycles. The van der Waals surface area contributed by atoms with Crippen LogP contribution in [0.2, 0.25) is 0 Å². The molecule has 2 aromatic carbocycles. The first-order chi connectivity index (χ1) is 24.8. The van der Waals surface area contributed by atoms with Crippen molar-refractivity contribution in [3.8, 4) is 22.8 Å². The number of anilines is 3. The van der Waals surface area contributed by atoms with Crippen LogP contribution >= 0.6 is 0 Å². The van der Waals surface area contributed by atoms with Crippen LogP contribution < -0.4 is 19.7 Å². The highest BCUT2D eigenvalue weighted by atomic mass is 19.1. The number of aromatic nitrogens is 3. The zero-order valence-electron chi connectivity index (χ0n) is 29.1. The molecule has 268 valence electrons. The third-order valence-electron chi connectivity index (χ3n) is 9.61. The molecule has 0 spiro atoms. The Morgan fingerprint density at radius 3 is 2.53 bits per heavy atom. The van der Waals surface area contributed by atoms with Crippen molar-refractivity contribution in [3.63, 3.8) is 0 Å². The molecule has 1 saturated heterocycles. The number of aldehydes is 2. The summed E-state index contributed by atoms with van der Waals surface area (Å²) in [6, 6.07) is 12.1. The number of carbonyl (C=O) groups excluding carboxylic acids is 2. The fourth-order valence-corrected chi connectivity index (χ4v) is 6.82.